The van der Waals surface area contributed by atoms with Gasteiger partial charge < -0.3 is 14.4 Å². The third-order valence-electron chi connectivity index (χ3n) is 5.64. The Labute approximate surface area is 207 Å². The second kappa shape index (κ2) is 9.20. The predicted molar refractivity (Wildman–Crippen MR) is 134 cm³/mol. The monoisotopic (exact) mass is 511 g/mol. The molecule has 2 aromatic carbocycles. The highest BCUT2D eigenvalue weighted by Gasteiger charge is 2.23. The van der Waals surface area contributed by atoms with Crippen molar-refractivity contribution < 1.29 is 17.9 Å². The van der Waals surface area contributed by atoms with Crippen LogP contribution in [0, 0.1) is 6.92 Å². The molecule has 1 aliphatic rings. The minimum atomic E-state index is -4.02. The van der Waals surface area contributed by atoms with Crippen LogP contribution in [0.4, 0.5) is 11.5 Å². The molecule has 180 valence electrons. The highest BCUT2D eigenvalue weighted by atomic mass is 35.5. The van der Waals surface area contributed by atoms with Crippen LogP contribution in [0.3, 0.4) is 0 Å². The molecule has 0 saturated carbocycles. The van der Waals surface area contributed by atoms with Gasteiger partial charge in [0.1, 0.15) is 24.5 Å². The van der Waals surface area contributed by atoms with Gasteiger partial charge in [0.05, 0.1) is 17.1 Å². The van der Waals surface area contributed by atoms with E-state index in [1.54, 1.807) is 37.4 Å². The topological polar surface area (TPSA) is 107 Å². The molecular weight excluding hydrogens is 490 g/mol. The lowest BCUT2D eigenvalue weighted by molar-refractivity contribution is 0.293. The minimum absolute atomic E-state index is 0.0155. The van der Waals surface area contributed by atoms with Crippen molar-refractivity contribution in [3.05, 3.63) is 70.9 Å². The number of fused-ring (bicyclic) bond motifs is 2. The van der Waals surface area contributed by atoms with Crippen LogP contribution in [-0.4, -0.2) is 43.6 Å². The molecule has 0 fully saturated rings. The Morgan fingerprint density at radius 3 is 2.89 bits per heavy atom. The summed E-state index contributed by atoms with van der Waals surface area (Å²) >= 11 is 6.15. The number of hydrogen-bond acceptors (Lipinski definition) is 8. The van der Waals surface area contributed by atoms with Gasteiger partial charge in [-0.05, 0) is 54.4 Å². The SMILES string of the molecule is Cc1c(Cl)cccc1S(=O)(=O)Nc1nc2cccnc2nc1OCc1ccc2c(c1)N(C)CCO2. The molecule has 35 heavy (non-hydrogen) atoms. The van der Waals surface area contributed by atoms with Crippen molar-refractivity contribution in [1.29, 1.82) is 0 Å². The van der Waals surface area contributed by atoms with Gasteiger partial charge in [0, 0.05) is 18.3 Å². The largest absolute Gasteiger partial charge is 0.490 e. The molecule has 9 nitrogen and oxygen atoms in total. The molecule has 0 saturated heterocycles. The molecule has 2 aromatic heterocycles. The lowest BCUT2D eigenvalue weighted by atomic mass is 10.1. The number of anilines is 2. The van der Waals surface area contributed by atoms with E-state index >= 15 is 0 Å². The number of nitrogens with one attached hydrogen (secondary N) is 1. The van der Waals surface area contributed by atoms with Gasteiger partial charge in [0.15, 0.2) is 5.65 Å². The summed E-state index contributed by atoms with van der Waals surface area (Å²) in [6, 6.07) is 13.8. The molecule has 4 aromatic rings. The lowest BCUT2D eigenvalue weighted by Crippen LogP contribution is -2.28. The maximum atomic E-state index is 13.2. The smallest absolute Gasteiger partial charge is 0.263 e. The molecule has 3 heterocycles. The fourth-order valence-corrected chi connectivity index (χ4v) is 5.24. The Kier molecular flexibility index (Phi) is 6.08. The van der Waals surface area contributed by atoms with E-state index in [1.807, 2.05) is 25.2 Å². The Morgan fingerprint density at radius 2 is 2.03 bits per heavy atom. The summed E-state index contributed by atoms with van der Waals surface area (Å²) in [5, 5.41) is 0.347. The van der Waals surface area contributed by atoms with E-state index in [9.17, 15) is 8.42 Å². The second-order valence-electron chi connectivity index (χ2n) is 8.05. The van der Waals surface area contributed by atoms with Gasteiger partial charge in [-0.3, -0.25) is 4.72 Å². The number of aromatic nitrogens is 3. The first kappa shape index (κ1) is 23.1. The second-order valence-corrected chi connectivity index (χ2v) is 10.1. The van der Waals surface area contributed by atoms with E-state index in [-0.39, 0.29) is 23.2 Å². The third kappa shape index (κ3) is 4.67. The zero-order valence-electron chi connectivity index (χ0n) is 19.0. The van der Waals surface area contributed by atoms with E-state index in [2.05, 4.69) is 24.6 Å². The summed E-state index contributed by atoms with van der Waals surface area (Å²) in [6.07, 6.45) is 1.58. The number of nitrogens with zero attached hydrogens (tertiary/aromatic N) is 4. The van der Waals surface area contributed by atoms with Crippen LogP contribution in [0.5, 0.6) is 11.6 Å². The molecule has 1 N–H and O–H groups in total. The minimum Gasteiger partial charge on any atom is -0.490 e. The normalized spacial score (nSPS) is 13.3. The number of pyridine rings is 1. The average molecular weight is 512 g/mol. The first-order valence-corrected chi connectivity index (χ1v) is 12.7. The quantitative estimate of drug-likeness (QED) is 0.410. The van der Waals surface area contributed by atoms with Crippen LogP contribution >= 0.6 is 11.6 Å². The van der Waals surface area contributed by atoms with Crippen molar-refractivity contribution in [1.82, 2.24) is 15.0 Å². The van der Waals surface area contributed by atoms with Crippen LogP contribution in [0.2, 0.25) is 5.02 Å². The van der Waals surface area contributed by atoms with E-state index < -0.39 is 10.0 Å². The average Bonchev–Trinajstić information content (AvgIpc) is 2.84. The first-order valence-electron chi connectivity index (χ1n) is 10.8. The fraction of sp³-hybridized carbons (Fsp3) is 0.208. The van der Waals surface area contributed by atoms with Gasteiger partial charge in [0.2, 0.25) is 5.82 Å². The molecule has 5 rings (SSSR count). The molecule has 1 aliphatic heterocycles. The Hall–Kier alpha value is -3.63. The van der Waals surface area contributed by atoms with E-state index in [0.717, 1.165) is 23.5 Å². The van der Waals surface area contributed by atoms with Crippen molar-refractivity contribution in [2.45, 2.75) is 18.4 Å². The van der Waals surface area contributed by atoms with E-state index in [1.165, 1.54) is 6.07 Å². The van der Waals surface area contributed by atoms with Crippen molar-refractivity contribution in [3.63, 3.8) is 0 Å². The van der Waals surface area contributed by atoms with Crippen molar-refractivity contribution in [2.24, 2.45) is 0 Å². The molecule has 0 atom stereocenters. The maximum Gasteiger partial charge on any atom is 0.263 e. The predicted octanol–water partition coefficient (Wildman–Crippen LogP) is 4.20. The van der Waals surface area contributed by atoms with E-state index in [4.69, 9.17) is 21.1 Å². The lowest BCUT2D eigenvalue weighted by Gasteiger charge is -2.28. The zero-order chi connectivity index (χ0) is 24.6. The number of hydrogen-bond donors (Lipinski definition) is 1. The summed E-state index contributed by atoms with van der Waals surface area (Å²) in [4.78, 5) is 15.2. The van der Waals surface area contributed by atoms with Crippen molar-refractivity contribution in [2.75, 3.05) is 29.8 Å². The highest BCUT2D eigenvalue weighted by Crippen LogP contribution is 2.33. The molecule has 0 unspecified atom stereocenters. The van der Waals surface area contributed by atoms with Crippen LogP contribution < -0.4 is 19.1 Å². The molecule has 0 spiro atoms. The summed E-state index contributed by atoms with van der Waals surface area (Å²) in [5.74, 6) is 0.785. The zero-order valence-corrected chi connectivity index (χ0v) is 20.6. The fourth-order valence-electron chi connectivity index (χ4n) is 3.75. The maximum absolute atomic E-state index is 13.2. The number of ether oxygens (including phenoxy) is 2. The molecular formula is C24H22ClN5O4S. The van der Waals surface area contributed by atoms with Crippen molar-refractivity contribution in [3.8, 4) is 11.6 Å². The number of rotatable bonds is 6. The van der Waals surface area contributed by atoms with E-state index in [0.29, 0.717) is 28.4 Å². The Balaban J connectivity index is 1.48. The van der Waals surface area contributed by atoms with Gasteiger partial charge in [-0.25, -0.2) is 18.4 Å². The van der Waals surface area contributed by atoms with Gasteiger partial charge in [-0.2, -0.15) is 4.98 Å². The summed E-state index contributed by atoms with van der Waals surface area (Å²) in [5.41, 5.74) is 3.01. The summed E-state index contributed by atoms with van der Waals surface area (Å²) in [7, 11) is -2.02. The van der Waals surface area contributed by atoms with Gasteiger partial charge in [-0.15, -0.1) is 0 Å². The molecule has 0 bridgehead atoms. The third-order valence-corrected chi connectivity index (χ3v) is 7.53. The Bertz CT molecular complexity index is 1530. The van der Waals surface area contributed by atoms with Gasteiger partial charge in [-0.1, -0.05) is 23.7 Å². The van der Waals surface area contributed by atoms with Gasteiger partial charge in [0.25, 0.3) is 15.9 Å². The van der Waals surface area contributed by atoms with Crippen LogP contribution in [0.25, 0.3) is 11.2 Å². The number of halogens is 1. The number of benzene rings is 2. The first-order chi connectivity index (χ1) is 16.8. The highest BCUT2D eigenvalue weighted by molar-refractivity contribution is 7.92. The standard InChI is InChI=1S/C24H22ClN5O4S/c1-15-17(25)5-3-7-21(15)35(31,32)29-23-24(28-22-18(27-23)6-4-10-26-22)34-14-16-8-9-20-19(13-16)30(2)11-12-33-20/h3-10,13H,11-12,14H2,1-2H3,(H,27,29). The van der Waals surface area contributed by atoms with Crippen LogP contribution in [0.1, 0.15) is 11.1 Å². The van der Waals surface area contributed by atoms with Crippen molar-refractivity contribution >= 4 is 44.3 Å². The van der Waals surface area contributed by atoms with Crippen LogP contribution in [0.15, 0.2) is 59.6 Å². The number of likely N-dealkylation sites (N-methyl/N-ethyl adjacent to an activating group) is 1. The molecule has 0 aliphatic carbocycles. The summed E-state index contributed by atoms with van der Waals surface area (Å²) in [6.45, 7) is 3.20. The Morgan fingerprint density at radius 1 is 1.17 bits per heavy atom. The summed E-state index contributed by atoms with van der Waals surface area (Å²) < 4.78 is 40.6. The molecule has 11 heteroatoms. The van der Waals surface area contributed by atoms with Crippen LogP contribution in [-0.2, 0) is 16.6 Å². The number of sulfonamides is 1. The van der Waals surface area contributed by atoms with Gasteiger partial charge >= 0.3 is 0 Å². The molecule has 0 radical (unpaired) electrons. The molecule has 0 amide bonds.